The lowest BCUT2D eigenvalue weighted by atomic mass is 10.2. The molecule has 0 aliphatic carbocycles. The average Bonchev–Trinajstić information content (AvgIpc) is 2.20. The Morgan fingerprint density at radius 3 is 2.71 bits per heavy atom. The van der Waals surface area contributed by atoms with Crippen LogP contribution in [0.4, 0.5) is 0 Å². The molecule has 4 nitrogen and oxygen atoms in total. The molecule has 0 saturated carbocycles. The minimum absolute atomic E-state index is 0.0656. The smallest absolute Gasteiger partial charge is 0.374 e. The fourth-order valence-corrected chi connectivity index (χ4v) is 0.973. The Morgan fingerprint density at radius 2 is 2.21 bits per heavy atom. The van der Waals surface area contributed by atoms with E-state index in [4.69, 9.17) is 11.6 Å². The van der Waals surface area contributed by atoms with Crippen molar-refractivity contribution in [3.8, 4) is 0 Å². The average molecular weight is 214 g/mol. The molecule has 0 unspecified atom stereocenters. The van der Waals surface area contributed by atoms with Crippen molar-refractivity contribution in [2.45, 2.75) is 6.42 Å². The predicted octanol–water partition coefficient (Wildman–Crippen LogP) is 1.02. The SMILES string of the molecule is COC(=O)C(=O)Cc1ccc(Cl)cn1. The largest absolute Gasteiger partial charge is 0.463 e. The van der Waals surface area contributed by atoms with Gasteiger partial charge in [-0.1, -0.05) is 11.6 Å². The number of aromatic nitrogens is 1. The highest BCUT2D eigenvalue weighted by molar-refractivity contribution is 6.34. The first-order valence-corrected chi connectivity index (χ1v) is 4.23. The predicted molar refractivity (Wildman–Crippen MR) is 50.0 cm³/mol. The number of hydrogen-bond acceptors (Lipinski definition) is 4. The van der Waals surface area contributed by atoms with E-state index in [1.54, 1.807) is 12.1 Å². The number of pyridine rings is 1. The number of ether oxygens (including phenoxy) is 1. The van der Waals surface area contributed by atoms with Crippen LogP contribution in [0.15, 0.2) is 18.3 Å². The number of ketones is 1. The molecule has 0 atom stereocenters. The van der Waals surface area contributed by atoms with Crippen LogP contribution in [0.25, 0.3) is 0 Å². The summed E-state index contributed by atoms with van der Waals surface area (Å²) in [4.78, 5) is 25.7. The van der Waals surface area contributed by atoms with Crippen molar-refractivity contribution < 1.29 is 14.3 Å². The zero-order chi connectivity index (χ0) is 10.6. The molecule has 0 bridgehead atoms. The molecule has 0 fully saturated rings. The first-order chi connectivity index (χ1) is 6.63. The normalized spacial score (nSPS) is 9.57. The molecule has 0 amide bonds. The summed E-state index contributed by atoms with van der Waals surface area (Å²) in [5.74, 6) is -1.48. The van der Waals surface area contributed by atoms with Crippen molar-refractivity contribution in [3.63, 3.8) is 0 Å². The number of Topliss-reactive ketones (excluding diaryl/α,β-unsaturated/α-hetero) is 1. The standard InChI is InChI=1S/C9H8ClNO3/c1-14-9(13)8(12)4-7-3-2-6(10)5-11-7/h2-3,5H,4H2,1H3. The van der Waals surface area contributed by atoms with Gasteiger partial charge in [0.05, 0.1) is 18.6 Å². The summed E-state index contributed by atoms with van der Waals surface area (Å²) in [5.41, 5.74) is 0.491. The summed E-state index contributed by atoms with van der Waals surface area (Å²) in [5, 5.41) is 0.485. The number of carbonyl (C=O) groups excluding carboxylic acids is 2. The van der Waals surface area contributed by atoms with Gasteiger partial charge in [-0.2, -0.15) is 0 Å². The maximum Gasteiger partial charge on any atom is 0.374 e. The molecule has 1 rings (SSSR count). The van der Waals surface area contributed by atoms with Crippen LogP contribution in [-0.2, 0) is 20.7 Å². The Balaban J connectivity index is 2.65. The van der Waals surface area contributed by atoms with E-state index in [9.17, 15) is 9.59 Å². The maximum atomic E-state index is 11.1. The number of halogens is 1. The van der Waals surface area contributed by atoms with Gasteiger partial charge in [-0.15, -0.1) is 0 Å². The summed E-state index contributed by atoms with van der Waals surface area (Å²) < 4.78 is 4.27. The van der Waals surface area contributed by atoms with E-state index >= 15 is 0 Å². The Kier molecular flexibility index (Phi) is 3.59. The van der Waals surface area contributed by atoms with E-state index < -0.39 is 11.8 Å². The number of hydrogen-bond donors (Lipinski definition) is 0. The van der Waals surface area contributed by atoms with Crippen LogP contribution < -0.4 is 0 Å². The highest BCUT2D eigenvalue weighted by Crippen LogP contribution is 2.06. The van der Waals surface area contributed by atoms with Crippen molar-refractivity contribution in [2.75, 3.05) is 7.11 Å². The Labute approximate surface area is 85.9 Å². The number of carbonyl (C=O) groups is 2. The van der Waals surface area contributed by atoms with Gasteiger partial charge in [0.25, 0.3) is 0 Å². The van der Waals surface area contributed by atoms with Crippen molar-refractivity contribution in [1.29, 1.82) is 0 Å². The van der Waals surface area contributed by atoms with Crippen LogP contribution in [0.5, 0.6) is 0 Å². The van der Waals surface area contributed by atoms with Crippen LogP contribution in [0.1, 0.15) is 5.69 Å². The molecule has 0 radical (unpaired) electrons. The van der Waals surface area contributed by atoms with Gasteiger partial charge in [-0.25, -0.2) is 4.79 Å². The maximum absolute atomic E-state index is 11.1. The molecular weight excluding hydrogens is 206 g/mol. The van der Waals surface area contributed by atoms with Crippen LogP contribution in [0, 0.1) is 0 Å². The quantitative estimate of drug-likeness (QED) is 0.556. The van der Waals surface area contributed by atoms with Crippen LogP contribution >= 0.6 is 11.6 Å². The third kappa shape index (κ3) is 2.81. The summed E-state index contributed by atoms with van der Waals surface area (Å²) in [6.07, 6.45) is 1.35. The molecule has 14 heavy (non-hydrogen) atoms. The van der Waals surface area contributed by atoms with Gasteiger partial charge in [0.2, 0.25) is 5.78 Å². The second-order valence-electron chi connectivity index (χ2n) is 2.56. The van der Waals surface area contributed by atoms with Crippen molar-refractivity contribution in [3.05, 3.63) is 29.0 Å². The highest BCUT2D eigenvalue weighted by atomic mass is 35.5. The van der Waals surface area contributed by atoms with E-state index in [0.717, 1.165) is 7.11 Å². The molecule has 5 heteroatoms. The monoisotopic (exact) mass is 213 g/mol. The number of rotatable bonds is 3. The van der Waals surface area contributed by atoms with E-state index in [0.29, 0.717) is 10.7 Å². The summed E-state index contributed by atoms with van der Waals surface area (Å²) in [6, 6.07) is 3.19. The molecular formula is C9H8ClNO3. The Hall–Kier alpha value is -1.42. The molecule has 1 heterocycles. The molecule has 0 aliphatic heterocycles. The summed E-state index contributed by atoms with van der Waals surface area (Å²) in [6.45, 7) is 0. The molecule has 0 spiro atoms. The summed E-state index contributed by atoms with van der Waals surface area (Å²) in [7, 11) is 1.16. The van der Waals surface area contributed by atoms with Crippen molar-refractivity contribution in [1.82, 2.24) is 4.98 Å². The lowest BCUT2D eigenvalue weighted by Crippen LogP contribution is -2.18. The summed E-state index contributed by atoms with van der Waals surface area (Å²) >= 11 is 5.60. The van der Waals surface area contributed by atoms with Gasteiger partial charge in [-0.05, 0) is 12.1 Å². The second-order valence-corrected chi connectivity index (χ2v) is 3.00. The van der Waals surface area contributed by atoms with Gasteiger partial charge < -0.3 is 4.74 Å². The Bertz CT molecular complexity index is 348. The fourth-order valence-electron chi connectivity index (χ4n) is 0.862. The van der Waals surface area contributed by atoms with Crippen molar-refractivity contribution in [2.24, 2.45) is 0 Å². The zero-order valence-corrected chi connectivity index (χ0v) is 8.25. The fraction of sp³-hybridized carbons (Fsp3) is 0.222. The second kappa shape index (κ2) is 4.72. The highest BCUT2D eigenvalue weighted by Gasteiger charge is 2.14. The first-order valence-electron chi connectivity index (χ1n) is 3.85. The van der Waals surface area contributed by atoms with Gasteiger partial charge in [-0.3, -0.25) is 9.78 Å². The van der Waals surface area contributed by atoms with Crippen LogP contribution in [0.3, 0.4) is 0 Å². The van der Waals surface area contributed by atoms with Crippen LogP contribution in [0.2, 0.25) is 5.02 Å². The first kappa shape index (κ1) is 10.7. The number of nitrogens with zero attached hydrogens (tertiary/aromatic N) is 1. The molecule has 0 saturated heterocycles. The van der Waals surface area contributed by atoms with Gasteiger partial charge >= 0.3 is 5.97 Å². The van der Waals surface area contributed by atoms with E-state index in [-0.39, 0.29) is 6.42 Å². The minimum atomic E-state index is -0.859. The lowest BCUT2D eigenvalue weighted by Gasteiger charge is -1.98. The number of methoxy groups -OCH3 is 1. The molecule has 74 valence electrons. The molecule has 0 aliphatic rings. The molecule has 1 aromatic rings. The minimum Gasteiger partial charge on any atom is -0.463 e. The van der Waals surface area contributed by atoms with Crippen LogP contribution in [-0.4, -0.2) is 23.8 Å². The van der Waals surface area contributed by atoms with Gasteiger partial charge in [0, 0.05) is 11.9 Å². The zero-order valence-electron chi connectivity index (χ0n) is 7.49. The Morgan fingerprint density at radius 1 is 1.50 bits per heavy atom. The van der Waals surface area contributed by atoms with E-state index in [1.165, 1.54) is 6.20 Å². The third-order valence-corrected chi connectivity index (χ3v) is 1.77. The third-order valence-electron chi connectivity index (χ3n) is 1.54. The molecule has 0 N–H and O–H groups in total. The van der Waals surface area contributed by atoms with Crippen molar-refractivity contribution >= 4 is 23.4 Å². The van der Waals surface area contributed by atoms with Gasteiger partial charge in [0.15, 0.2) is 0 Å². The van der Waals surface area contributed by atoms with E-state index in [1.807, 2.05) is 0 Å². The lowest BCUT2D eigenvalue weighted by molar-refractivity contribution is -0.151. The topological polar surface area (TPSA) is 56.3 Å². The molecule has 1 aromatic heterocycles. The molecule has 0 aromatic carbocycles. The number of esters is 1. The van der Waals surface area contributed by atoms with Gasteiger partial charge in [0.1, 0.15) is 0 Å². The van der Waals surface area contributed by atoms with E-state index in [2.05, 4.69) is 9.72 Å².